The fourth-order valence-corrected chi connectivity index (χ4v) is 3.65. The van der Waals surface area contributed by atoms with E-state index in [1.165, 1.54) is 0 Å². The molecule has 1 aliphatic carbocycles. The Labute approximate surface area is 119 Å². The molecule has 0 spiro atoms. The van der Waals surface area contributed by atoms with Gasteiger partial charge in [0, 0.05) is 30.9 Å². The van der Waals surface area contributed by atoms with Gasteiger partial charge in [-0.05, 0) is 19.3 Å². The second kappa shape index (κ2) is 5.33. The summed E-state index contributed by atoms with van der Waals surface area (Å²) in [5.41, 5.74) is 10.3. The zero-order chi connectivity index (χ0) is 15.0. The summed E-state index contributed by atoms with van der Waals surface area (Å²) in [5.74, 6) is -0.410. The summed E-state index contributed by atoms with van der Waals surface area (Å²) >= 11 is 0. The first-order chi connectivity index (χ1) is 9.31. The number of nitrogens with two attached hydrogens (primary N) is 2. The van der Waals surface area contributed by atoms with Crippen LogP contribution in [-0.4, -0.2) is 36.6 Å². The molecule has 6 nitrogen and oxygen atoms in total. The van der Waals surface area contributed by atoms with Crippen molar-refractivity contribution in [3.8, 4) is 0 Å². The normalized spacial score (nSPS) is 34.8. The van der Waals surface area contributed by atoms with Gasteiger partial charge < -0.3 is 21.5 Å². The van der Waals surface area contributed by atoms with Crippen LogP contribution in [0, 0.1) is 11.3 Å². The van der Waals surface area contributed by atoms with Crippen LogP contribution in [-0.2, 0) is 14.3 Å². The van der Waals surface area contributed by atoms with E-state index in [0.29, 0.717) is 13.0 Å². The van der Waals surface area contributed by atoms with Crippen molar-refractivity contribution in [2.45, 2.75) is 51.2 Å². The van der Waals surface area contributed by atoms with Crippen molar-refractivity contribution in [2.75, 3.05) is 13.2 Å². The van der Waals surface area contributed by atoms with Crippen LogP contribution in [0.15, 0.2) is 0 Å². The van der Waals surface area contributed by atoms with Gasteiger partial charge in [-0.25, -0.2) is 0 Å². The zero-order valence-corrected chi connectivity index (χ0v) is 12.3. The van der Waals surface area contributed by atoms with Crippen molar-refractivity contribution in [3.05, 3.63) is 0 Å². The number of nitrogens with one attached hydrogen (secondary N) is 1. The molecule has 1 aliphatic heterocycles. The highest BCUT2D eigenvalue weighted by Gasteiger charge is 2.70. The van der Waals surface area contributed by atoms with Gasteiger partial charge in [0.1, 0.15) is 5.54 Å². The molecule has 2 aliphatic rings. The Balaban J connectivity index is 1.95. The first-order valence-electron chi connectivity index (χ1n) is 7.29. The molecular formula is C14H25N3O3. The summed E-state index contributed by atoms with van der Waals surface area (Å²) in [5, 5.41) is 2.84. The van der Waals surface area contributed by atoms with E-state index in [2.05, 4.69) is 5.32 Å². The molecular weight excluding hydrogens is 258 g/mol. The van der Waals surface area contributed by atoms with Gasteiger partial charge in [-0.2, -0.15) is 0 Å². The van der Waals surface area contributed by atoms with Crippen LogP contribution in [0.5, 0.6) is 0 Å². The van der Waals surface area contributed by atoms with Crippen LogP contribution in [0.3, 0.4) is 0 Å². The predicted molar refractivity (Wildman–Crippen MR) is 74.6 cm³/mol. The minimum atomic E-state index is -0.884. The summed E-state index contributed by atoms with van der Waals surface area (Å²) < 4.78 is 5.77. The average Bonchev–Trinajstić information content (AvgIpc) is 2.42. The van der Waals surface area contributed by atoms with E-state index >= 15 is 0 Å². The van der Waals surface area contributed by atoms with Gasteiger partial charge in [0.25, 0.3) is 0 Å². The fraction of sp³-hybridized carbons (Fsp3) is 0.857. The summed E-state index contributed by atoms with van der Waals surface area (Å²) in [7, 11) is 0. The maximum atomic E-state index is 12.5. The summed E-state index contributed by atoms with van der Waals surface area (Å²) in [6.45, 7) is 5.15. The molecule has 0 bridgehead atoms. The molecule has 2 rings (SSSR count). The highest BCUT2D eigenvalue weighted by molar-refractivity contribution is 5.89. The first-order valence-corrected chi connectivity index (χ1v) is 7.29. The van der Waals surface area contributed by atoms with E-state index in [1.54, 1.807) is 0 Å². The third-order valence-corrected chi connectivity index (χ3v) is 4.95. The molecule has 114 valence electrons. The van der Waals surface area contributed by atoms with Crippen LogP contribution in [0.4, 0.5) is 0 Å². The Bertz CT molecular complexity index is 410. The maximum Gasteiger partial charge on any atom is 0.241 e. The number of primary amides is 1. The van der Waals surface area contributed by atoms with Crippen molar-refractivity contribution in [1.82, 2.24) is 5.32 Å². The Morgan fingerprint density at radius 3 is 2.75 bits per heavy atom. The topological polar surface area (TPSA) is 107 Å². The van der Waals surface area contributed by atoms with E-state index in [4.69, 9.17) is 16.2 Å². The van der Waals surface area contributed by atoms with Crippen molar-refractivity contribution >= 4 is 11.8 Å². The van der Waals surface area contributed by atoms with Crippen molar-refractivity contribution in [3.63, 3.8) is 0 Å². The van der Waals surface area contributed by atoms with Crippen molar-refractivity contribution < 1.29 is 14.3 Å². The molecule has 1 saturated heterocycles. The average molecular weight is 283 g/mol. The number of fused-ring (bicyclic) bond motifs is 1. The number of carbonyl (C=O) groups excluding carboxylic acids is 2. The van der Waals surface area contributed by atoms with Gasteiger partial charge in [-0.3, -0.25) is 9.59 Å². The minimum absolute atomic E-state index is 0.0672. The number of amides is 2. The van der Waals surface area contributed by atoms with Crippen molar-refractivity contribution in [2.24, 2.45) is 22.8 Å². The highest BCUT2D eigenvalue weighted by atomic mass is 16.5. The maximum absolute atomic E-state index is 12.5. The molecule has 20 heavy (non-hydrogen) atoms. The second-order valence-electron chi connectivity index (χ2n) is 6.46. The molecule has 0 aromatic rings. The predicted octanol–water partition coefficient (Wildman–Crippen LogP) is -0.0994. The van der Waals surface area contributed by atoms with E-state index in [-0.39, 0.29) is 35.7 Å². The summed E-state index contributed by atoms with van der Waals surface area (Å²) in [6, 6.07) is 0. The molecule has 2 fully saturated rings. The van der Waals surface area contributed by atoms with Crippen LogP contribution in [0.25, 0.3) is 0 Å². The Hall–Kier alpha value is -1.14. The number of carbonyl (C=O) groups is 2. The zero-order valence-electron chi connectivity index (χ0n) is 12.3. The van der Waals surface area contributed by atoms with Gasteiger partial charge in [0.05, 0.1) is 6.10 Å². The molecule has 5 N–H and O–H groups in total. The fourth-order valence-electron chi connectivity index (χ4n) is 3.65. The summed E-state index contributed by atoms with van der Waals surface area (Å²) in [6.07, 6.45) is 2.76. The monoisotopic (exact) mass is 283 g/mol. The molecule has 3 atom stereocenters. The molecule has 0 radical (unpaired) electrons. The molecule has 2 amide bonds. The lowest BCUT2D eigenvalue weighted by atomic mass is 9.46. The van der Waals surface area contributed by atoms with E-state index in [1.807, 2.05) is 13.8 Å². The van der Waals surface area contributed by atoms with Crippen molar-refractivity contribution in [1.29, 1.82) is 0 Å². The second-order valence-corrected chi connectivity index (χ2v) is 6.46. The largest absolute Gasteiger partial charge is 0.377 e. The van der Waals surface area contributed by atoms with Gasteiger partial charge in [-0.15, -0.1) is 0 Å². The van der Waals surface area contributed by atoms with Crippen LogP contribution < -0.4 is 16.8 Å². The number of rotatable bonds is 5. The minimum Gasteiger partial charge on any atom is -0.377 e. The Kier molecular flexibility index (Phi) is 4.07. The van der Waals surface area contributed by atoms with Crippen LogP contribution in [0.2, 0.25) is 0 Å². The van der Waals surface area contributed by atoms with E-state index in [0.717, 1.165) is 19.4 Å². The molecule has 0 aromatic heterocycles. The molecule has 1 saturated carbocycles. The van der Waals surface area contributed by atoms with E-state index in [9.17, 15) is 9.59 Å². The molecule has 3 unspecified atom stereocenters. The van der Waals surface area contributed by atoms with Gasteiger partial charge in [-0.1, -0.05) is 13.8 Å². The molecule has 0 aromatic carbocycles. The van der Waals surface area contributed by atoms with E-state index < -0.39 is 5.54 Å². The standard InChI is InChI=1S/C14H25N3O3/c1-13(2)11-9(5-4-8-20-11)14(13,16)12(19)17-7-3-6-10(15)18/h9,11H,3-8,16H2,1-2H3,(H2,15,18)(H,17,19). The Morgan fingerprint density at radius 1 is 1.40 bits per heavy atom. The Morgan fingerprint density at radius 2 is 2.10 bits per heavy atom. The first kappa shape index (κ1) is 15.3. The SMILES string of the molecule is CC1(C)C2OCCCC2C1(N)C(=O)NCCCC(N)=O. The third kappa shape index (κ3) is 2.20. The lowest BCUT2D eigenvalue weighted by Gasteiger charge is -2.65. The highest BCUT2D eigenvalue weighted by Crippen LogP contribution is 2.57. The van der Waals surface area contributed by atoms with Gasteiger partial charge in [0.15, 0.2) is 0 Å². The smallest absolute Gasteiger partial charge is 0.241 e. The van der Waals surface area contributed by atoms with Crippen LogP contribution in [0.1, 0.15) is 39.5 Å². The van der Waals surface area contributed by atoms with Gasteiger partial charge >= 0.3 is 0 Å². The number of ether oxygens (including phenoxy) is 1. The molecule has 1 heterocycles. The number of hydrogen-bond acceptors (Lipinski definition) is 4. The molecule has 6 heteroatoms. The quantitative estimate of drug-likeness (QED) is 0.612. The van der Waals surface area contributed by atoms with Gasteiger partial charge in [0.2, 0.25) is 11.8 Å². The van der Waals surface area contributed by atoms with Crippen LogP contribution >= 0.6 is 0 Å². The summed E-state index contributed by atoms with van der Waals surface area (Å²) in [4.78, 5) is 23.1. The number of hydrogen-bond donors (Lipinski definition) is 3. The third-order valence-electron chi connectivity index (χ3n) is 4.95. The lowest BCUT2D eigenvalue weighted by Crippen LogP contribution is -2.82. The lowest BCUT2D eigenvalue weighted by molar-refractivity contribution is -0.225.